The molecule has 0 unspecified atom stereocenters. The first-order valence-corrected chi connectivity index (χ1v) is 11.0. The predicted octanol–water partition coefficient (Wildman–Crippen LogP) is 2.77. The fourth-order valence-electron chi connectivity index (χ4n) is 3.29. The van der Waals surface area contributed by atoms with Gasteiger partial charge in [-0.25, -0.2) is 13.9 Å². The molecule has 1 amide bonds. The van der Waals surface area contributed by atoms with Crippen molar-refractivity contribution in [2.24, 2.45) is 0 Å². The van der Waals surface area contributed by atoms with Gasteiger partial charge in [-0.05, 0) is 36.4 Å². The number of carbonyl (C=O) groups is 2. The minimum absolute atomic E-state index is 0.00556. The van der Waals surface area contributed by atoms with Crippen molar-refractivity contribution in [1.29, 1.82) is 0 Å². The fourth-order valence-corrected chi connectivity index (χ4v) is 3.66. The average Bonchev–Trinajstić information content (AvgIpc) is 2.81. The van der Waals surface area contributed by atoms with Crippen LogP contribution < -0.4 is 25.3 Å². The normalized spacial score (nSPS) is 10.3. The van der Waals surface area contributed by atoms with Gasteiger partial charge in [0.25, 0.3) is 6.47 Å². The van der Waals surface area contributed by atoms with Gasteiger partial charge in [-0.15, -0.1) is 0 Å². The number of carbonyl (C=O) groups excluding carboxylic acids is 1. The van der Waals surface area contributed by atoms with E-state index >= 15 is 4.39 Å². The zero-order valence-electron chi connectivity index (χ0n) is 19.3. The van der Waals surface area contributed by atoms with Crippen LogP contribution in [0.1, 0.15) is 16.7 Å². The predicted molar refractivity (Wildman–Crippen MR) is 133 cm³/mol. The SMILES string of the molecule is CNSNc1cccc(Cc2c(CC(=O)NC)c3ccc(N(C)C)cc3oc2=O)c1F.O=CO. The summed E-state index contributed by atoms with van der Waals surface area (Å²) in [7, 11) is 7.02. The Morgan fingerprint density at radius 3 is 2.53 bits per heavy atom. The Balaban J connectivity index is 0.00000129. The highest BCUT2D eigenvalue weighted by Gasteiger charge is 2.20. The molecule has 0 saturated heterocycles. The summed E-state index contributed by atoms with van der Waals surface area (Å²) in [6, 6.07) is 10.4. The number of hydrogen-bond acceptors (Lipinski definition) is 8. The summed E-state index contributed by atoms with van der Waals surface area (Å²) in [4.78, 5) is 35.4. The molecule has 0 aliphatic heterocycles. The number of likely N-dealkylation sites (N-methyl/N-ethyl adjacent to an activating group) is 1. The quantitative estimate of drug-likeness (QED) is 0.214. The van der Waals surface area contributed by atoms with E-state index in [-0.39, 0.29) is 30.8 Å². The molecule has 0 bridgehead atoms. The second kappa shape index (κ2) is 12.6. The second-order valence-electron chi connectivity index (χ2n) is 7.24. The van der Waals surface area contributed by atoms with E-state index in [1.807, 2.05) is 31.1 Å². The number of halogens is 1. The Morgan fingerprint density at radius 1 is 1.21 bits per heavy atom. The molecule has 3 rings (SSSR count). The molecule has 0 spiro atoms. The van der Waals surface area contributed by atoms with Crippen LogP contribution in [-0.4, -0.2) is 45.7 Å². The maximum absolute atomic E-state index is 15.0. The molecule has 34 heavy (non-hydrogen) atoms. The van der Waals surface area contributed by atoms with Crippen LogP contribution in [0.3, 0.4) is 0 Å². The molecule has 4 N–H and O–H groups in total. The van der Waals surface area contributed by atoms with Crippen LogP contribution in [0, 0.1) is 5.82 Å². The van der Waals surface area contributed by atoms with Crippen LogP contribution in [0.2, 0.25) is 0 Å². The van der Waals surface area contributed by atoms with E-state index in [9.17, 15) is 9.59 Å². The molecule has 0 fully saturated rings. The van der Waals surface area contributed by atoms with Crippen LogP contribution >= 0.6 is 12.1 Å². The molecule has 0 aliphatic carbocycles. The van der Waals surface area contributed by atoms with Crippen molar-refractivity contribution < 1.29 is 23.5 Å². The molecule has 2 aromatic carbocycles. The highest BCUT2D eigenvalue weighted by atomic mass is 32.2. The number of anilines is 2. The van der Waals surface area contributed by atoms with Crippen LogP contribution in [0.25, 0.3) is 11.0 Å². The van der Waals surface area contributed by atoms with Crippen LogP contribution in [0.15, 0.2) is 45.6 Å². The Bertz CT molecular complexity index is 1220. The molecule has 0 saturated carbocycles. The number of rotatable bonds is 8. The van der Waals surface area contributed by atoms with Gasteiger partial charge in [0, 0.05) is 62.4 Å². The zero-order chi connectivity index (χ0) is 25.3. The van der Waals surface area contributed by atoms with Crippen molar-refractivity contribution in [3.05, 3.63) is 69.3 Å². The first kappa shape index (κ1) is 26.7. The van der Waals surface area contributed by atoms with Crippen molar-refractivity contribution in [3.8, 4) is 0 Å². The molecule has 3 aromatic rings. The van der Waals surface area contributed by atoms with E-state index in [0.717, 1.165) is 17.8 Å². The third-order valence-corrected chi connectivity index (χ3v) is 5.47. The Hall–Kier alpha value is -3.57. The summed E-state index contributed by atoms with van der Waals surface area (Å²) in [6.07, 6.45) is -0.00395. The van der Waals surface area contributed by atoms with Crippen molar-refractivity contribution in [1.82, 2.24) is 10.0 Å². The standard InChI is InChI=1S/C22H25FN4O3S.CH2O2/c1-24-20(28)12-16-15-9-8-14(27(3)4)11-19(15)30-22(29)17(16)10-13-6-5-7-18(21(13)23)26-31-25-2;2-1-3/h5-9,11,25-26H,10,12H2,1-4H3,(H,24,28);1H,(H,2,3). The molecule has 0 aliphatic rings. The lowest BCUT2D eigenvalue weighted by molar-refractivity contribution is -0.123. The minimum atomic E-state index is -0.579. The van der Waals surface area contributed by atoms with Gasteiger partial charge in [0.05, 0.1) is 12.1 Å². The number of nitrogens with zero attached hydrogens (tertiary/aromatic N) is 1. The van der Waals surface area contributed by atoms with Gasteiger partial charge < -0.3 is 24.5 Å². The topological polar surface area (TPSA) is 124 Å². The van der Waals surface area contributed by atoms with Crippen LogP contribution in [0.5, 0.6) is 0 Å². The minimum Gasteiger partial charge on any atom is -0.483 e. The molecule has 9 nitrogen and oxygen atoms in total. The number of carboxylic acid groups (broad SMARTS) is 1. The lowest BCUT2D eigenvalue weighted by Crippen LogP contribution is -2.23. The smallest absolute Gasteiger partial charge is 0.340 e. The second-order valence-corrected chi connectivity index (χ2v) is 8.06. The summed E-state index contributed by atoms with van der Waals surface area (Å²) < 4.78 is 26.3. The van der Waals surface area contributed by atoms with Crippen molar-refractivity contribution in [2.45, 2.75) is 12.8 Å². The van der Waals surface area contributed by atoms with E-state index in [2.05, 4.69) is 14.8 Å². The highest BCUT2D eigenvalue weighted by molar-refractivity contribution is 7.98. The van der Waals surface area contributed by atoms with Gasteiger partial charge in [0.2, 0.25) is 5.91 Å². The Kier molecular flexibility index (Phi) is 9.90. The summed E-state index contributed by atoms with van der Waals surface area (Å²) in [6.45, 7) is -0.250. The summed E-state index contributed by atoms with van der Waals surface area (Å²) >= 11 is 1.14. The van der Waals surface area contributed by atoms with Gasteiger partial charge >= 0.3 is 5.63 Å². The van der Waals surface area contributed by atoms with Crippen molar-refractivity contribution in [3.63, 3.8) is 0 Å². The lowest BCUT2D eigenvalue weighted by atomic mass is 9.95. The molecule has 1 heterocycles. The largest absolute Gasteiger partial charge is 0.483 e. The van der Waals surface area contributed by atoms with Gasteiger partial charge in [0.1, 0.15) is 5.58 Å². The third-order valence-electron chi connectivity index (χ3n) is 4.95. The molecular weight excluding hydrogens is 463 g/mol. The lowest BCUT2D eigenvalue weighted by Gasteiger charge is -2.16. The van der Waals surface area contributed by atoms with Gasteiger partial charge in [0.15, 0.2) is 5.82 Å². The van der Waals surface area contributed by atoms with Crippen molar-refractivity contribution >= 4 is 46.9 Å². The fraction of sp³-hybridized carbons (Fsp3) is 0.261. The summed E-state index contributed by atoms with van der Waals surface area (Å²) in [5, 5.41) is 10.1. The molecular formula is C23H27FN4O5S. The first-order chi connectivity index (χ1) is 16.3. The average molecular weight is 491 g/mol. The Labute approximate surface area is 200 Å². The molecule has 0 atom stereocenters. The highest BCUT2D eigenvalue weighted by Crippen LogP contribution is 2.28. The number of amides is 1. The number of fused-ring (bicyclic) bond motifs is 1. The van der Waals surface area contributed by atoms with E-state index in [1.165, 1.54) is 7.05 Å². The van der Waals surface area contributed by atoms with Crippen LogP contribution in [-0.2, 0) is 22.4 Å². The monoisotopic (exact) mass is 490 g/mol. The number of hydrogen-bond donors (Lipinski definition) is 4. The van der Waals surface area contributed by atoms with Crippen LogP contribution in [0.4, 0.5) is 15.8 Å². The zero-order valence-corrected chi connectivity index (χ0v) is 20.1. The van der Waals surface area contributed by atoms with Gasteiger partial charge in [-0.2, -0.15) is 0 Å². The van der Waals surface area contributed by atoms with Gasteiger partial charge in [-0.1, -0.05) is 12.1 Å². The first-order valence-electron chi connectivity index (χ1n) is 10.2. The Morgan fingerprint density at radius 2 is 1.91 bits per heavy atom. The maximum Gasteiger partial charge on any atom is 0.340 e. The maximum atomic E-state index is 15.0. The summed E-state index contributed by atoms with van der Waals surface area (Å²) in [5.74, 6) is -0.704. The van der Waals surface area contributed by atoms with E-state index in [4.69, 9.17) is 14.3 Å². The number of nitrogens with one attached hydrogen (secondary N) is 3. The molecule has 1 aromatic heterocycles. The molecule has 182 valence electrons. The molecule has 11 heteroatoms. The van der Waals surface area contributed by atoms with E-state index in [1.54, 1.807) is 31.3 Å². The summed E-state index contributed by atoms with van der Waals surface area (Å²) in [5.41, 5.74) is 2.11. The third kappa shape index (κ3) is 6.49. The van der Waals surface area contributed by atoms with Crippen molar-refractivity contribution in [2.75, 3.05) is 37.8 Å². The van der Waals surface area contributed by atoms with E-state index in [0.29, 0.717) is 27.8 Å². The van der Waals surface area contributed by atoms with Gasteiger partial charge in [-0.3, -0.25) is 9.59 Å². The van der Waals surface area contributed by atoms with E-state index < -0.39 is 11.4 Å². The number of benzene rings is 2. The molecule has 0 radical (unpaired) electrons.